The van der Waals surface area contributed by atoms with Crippen molar-refractivity contribution < 1.29 is 9.21 Å². The third-order valence-electron chi connectivity index (χ3n) is 4.29. The zero-order valence-electron chi connectivity index (χ0n) is 13.4. The van der Waals surface area contributed by atoms with Crippen LogP contribution in [0.2, 0.25) is 0 Å². The number of carbonyl (C=O) groups excluding carboxylic acids is 1. The first-order chi connectivity index (χ1) is 11.1. The van der Waals surface area contributed by atoms with Crippen LogP contribution in [0.15, 0.2) is 28.2 Å². The topological polar surface area (TPSA) is 68.3 Å². The molecule has 0 atom stereocenters. The van der Waals surface area contributed by atoms with E-state index in [0.717, 1.165) is 38.8 Å². The number of fused-ring (bicyclic) bond motifs is 1. The number of rotatable bonds is 3. The number of hydrogen-bond donors (Lipinski definition) is 0. The zero-order chi connectivity index (χ0) is 16.4. The highest BCUT2D eigenvalue weighted by atomic mass is 16.3. The van der Waals surface area contributed by atoms with E-state index < -0.39 is 0 Å². The average Bonchev–Trinajstić information content (AvgIpc) is 2.72. The average molecular weight is 315 g/mol. The lowest BCUT2D eigenvalue weighted by Gasteiger charge is -2.19. The smallest absolute Gasteiger partial charge is 0.265 e. The molecular formula is C17H21N3O3. The van der Waals surface area contributed by atoms with Gasteiger partial charge in [0.05, 0.1) is 5.56 Å². The van der Waals surface area contributed by atoms with Crippen LogP contribution in [0.3, 0.4) is 0 Å². The molecule has 0 spiro atoms. The molecular weight excluding hydrogens is 294 g/mol. The Kier molecular flexibility index (Phi) is 4.32. The van der Waals surface area contributed by atoms with Crippen LogP contribution >= 0.6 is 0 Å². The Labute approximate surface area is 134 Å². The maximum absolute atomic E-state index is 12.9. The fourth-order valence-corrected chi connectivity index (χ4v) is 3.10. The van der Waals surface area contributed by atoms with Crippen molar-refractivity contribution in [2.45, 2.75) is 39.2 Å². The molecule has 0 aliphatic carbocycles. The molecule has 0 aromatic carbocycles. The molecule has 6 nitrogen and oxygen atoms in total. The minimum Gasteiger partial charge on any atom is -0.442 e. The molecule has 3 heterocycles. The van der Waals surface area contributed by atoms with E-state index in [4.69, 9.17) is 4.42 Å². The summed E-state index contributed by atoms with van der Waals surface area (Å²) in [6, 6.07) is 0. The van der Waals surface area contributed by atoms with Gasteiger partial charge in [-0.15, -0.1) is 6.58 Å². The maximum atomic E-state index is 12.9. The third-order valence-corrected chi connectivity index (χ3v) is 4.29. The van der Waals surface area contributed by atoms with Gasteiger partial charge in [0.25, 0.3) is 11.5 Å². The minimum atomic E-state index is -0.259. The fraction of sp³-hybridized carbons (Fsp3) is 0.471. The summed E-state index contributed by atoms with van der Waals surface area (Å²) in [5.41, 5.74) is 0.328. The molecule has 1 aliphatic rings. The Hall–Kier alpha value is -2.37. The number of aryl methyl sites for hydroxylation is 1. The Morgan fingerprint density at radius 1 is 1.35 bits per heavy atom. The van der Waals surface area contributed by atoms with Crippen molar-refractivity contribution in [1.29, 1.82) is 0 Å². The monoisotopic (exact) mass is 315 g/mol. The Balaban J connectivity index is 2.10. The van der Waals surface area contributed by atoms with E-state index in [9.17, 15) is 9.59 Å². The SMILES string of the molecule is C=CCn1cnc2oc(C)c(C(=O)N3CCCCCC3)c2c1=O. The summed E-state index contributed by atoms with van der Waals surface area (Å²) < 4.78 is 6.99. The molecule has 0 bridgehead atoms. The van der Waals surface area contributed by atoms with E-state index >= 15 is 0 Å². The van der Waals surface area contributed by atoms with Gasteiger partial charge >= 0.3 is 0 Å². The van der Waals surface area contributed by atoms with Crippen molar-refractivity contribution in [3.05, 3.63) is 40.7 Å². The van der Waals surface area contributed by atoms with Crippen LogP contribution in [0.4, 0.5) is 0 Å². The van der Waals surface area contributed by atoms with Crippen LogP contribution in [0.1, 0.15) is 41.8 Å². The molecule has 0 radical (unpaired) electrons. The predicted octanol–water partition coefficient (Wildman–Crippen LogP) is 2.50. The molecule has 1 fully saturated rings. The summed E-state index contributed by atoms with van der Waals surface area (Å²) in [4.78, 5) is 31.6. The zero-order valence-corrected chi connectivity index (χ0v) is 13.4. The normalized spacial score (nSPS) is 15.6. The first-order valence-corrected chi connectivity index (χ1v) is 8.02. The molecule has 1 saturated heterocycles. The highest BCUT2D eigenvalue weighted by Crippen LogP contribution is 2.23. The molecule has 2 aromatic rings. The van der Waals surface area contributed by atoms with Crippen LogP contribution in [-0.4, -0.2) is 33.4 Å². The van der Waals surface area contributed by atoms with E-state index in [1.165, 1.54) is 10.9 Å². The van der Waals surface area contributed by atoms with Crippen LogP contribution in [0.5, 0.6) is 0 Å². The fourth-order valence-electron chi connectivity index (χ4n) is 3.10. The highest BCUT2D eigenvalue weighted by Gasteiger charge is 2.26. The van der Waals surface area contributed by atoms with Gasteiger partial charge in [-0.05, 0) is 19.8 Å². The molecule has 0 unspecified atom stereocenters. The van der Waals surface area contributed by atoms with E-state index in [-0.39, 0.29) is 22.6 Å². The van der Waals surface area contributed by atoms with Crippen molar-refractivity contribution in [2.24, 2.45) is 0 Å². The van der Waals surface area contributed by atoms with Crippen LogP contribution in [0.25, 0.3) is 11.1 Å². The van der Waals surface area contributed by atoms with Gasteiger partial charge < -0.3 is 9.32 Å². The van der Waals surface area contributed by atoms with Crippen LogP contribution in [0, 0.1) is 6.92 Å². The van der Waals surface area contributed by atoms with Gasteiger partial charge in [0, 0.05) is 19.6 Å². The lowest BCUT2D eigenvalue weighted by atomic mass is 10.1. The van der Waals surface area contributed by atoms with E-state index in [1.807, 2.05) is 4.90 Å². The van der Waals surface area contributed by atoms with Gasteiger partial charge in [0.1, 0.15) is 17.5 Å². The summed E-state index contributed by atoms with van der Waals surface area (Å²) in [7, 11) is 0. The van der Waals surface area contributed by atoms with Gasteiger partial charge in [-0.2, -0.15) is 0 Å². The lowest BCUT2D eigenvalue weighted by Crippen LogP contribution is -2.33. The number of likely N-dealkylation sites (tertiary alicyclic amines) is 1. The quantitative estimate of drug-likeness (QED) is 0.816. The first-order valence-electron chi connectivity index (χ1n) is 8.02. The minimum absolute atomic E-state index is 0.126. The summed E-state index contributed by atoms with van der Waals surface area (Å²) in [6.45, 7) is 7.16. The number of nitrogens with zero attached hydrogens (tertiary/aromatic N) is 3. The molecule has 23 heavy (non-hydrogen) atoms. The van der Waals surface area contributed by atoms with E-state index in [0.29, 0.717) is 17.9 Å². The lowest BCUT2D eigenvalue weighted by molar-refractivity contribution is 0.0761. The Bertz CT molecular complexity index is 795. The number of carbonyl (C=O) groups is 1. The molecule has 122 valence electrons. The number of hydrogen-bond acceptors (Lipinski definition) is 4. The van der Waals surface area contributed by atoms with Crippen molar-refractivity contribution in [1.82, 2.24) is 14.5 Å². The van der Waals surface area contributed by atoms with Gasteiger partial charge in [0.15, 0.2) is 0 Å². The predicted molar refractivity (Wildman–Crippen MR) is 87.6 cm³/mol. The summed E-state index contributed by atoms with van der Waals surface area (Å²) in [5.74, 6) is 0.327. The molecule has 1 amide bonds. The summed E-state index contributed by atoms with van der Waals surface area (Å²) >= 11 is 0. The van der Waals surface area contributed by atoms with Crippen LogP contribution < -0.4 is 5.56 Å². The van der Waals surface area contributed by atoms with Gasteiger partial charge in [-0.1, -0.05) is 18.9 Å². The molecule has 2 aromatic heterocycles. The van der Waals surface area contributed by atoms with E-state index in [2.05, 4.69) is 11.6 Å². The standard InChI is InChI=1S/C17H21N3O3/c1-3-8-20-11-18-15-14(17(20)22)13(12(2)23-15)16(21)19-9-6-4-5-7-10-19/h3,11H,1,4-10H2,2H3. The Morgan fingerprint density at radius 3 is 2.70 bits per heavy atom. The molecule has 3 rings (SSSR count). The number of furan rings is 1. The molecule has 0 N–H and O–H groups in total. The largest absolute Gasteiger partial charge is 0.442 e. The number of aromatic nitrogens is 2. The number of allylic oxidation sites excluding steroid dienone is 1. The molecule has 0 saturated carbocycles. The maximum Gasteiger partial charge on any atom is 0.265 e. The second-order valence-corrected chi connectivity index (χ2v) is 5.91. The van der Waals surface area contributed by atoms with Gasteiger partial charge in [0.2, 0.25) is 5.71 Å². The van der Waals surface area contributed by atoms with Gasteiger partial charge in [-0.25, -0.2) is 4.98 Å². The summed E-state index contributed by atoms with van der Waals surface area (Å²) in [6.07, 6.45) is 7.33. The van der Waals surface area contributed by atoms with Crippen molar-refractivity contribution in [2.75, 3.05) is 13.1 Å². The molecule has 1 aliphatic heterocycles. The van der Waals surface area contributed by atoms with E-state index in [1.54, 1.807) is 13.0 Å². The van der Waals surface area contributed by atoms with Crippen molar-refractivity contribution in [3.63, 3.8) is 0 Å². The first kappa shape index (κ1) is 15.5. The van der Waals surface area contributed by atoms with Crippen LogP contribution in [-0.2, 0) is 6.54 Å². The van der Waals surface area contributed by atoms with Gasteiger partial charge in [-0.3, -0.25) is 14.2 Å². The molecule has 6 heteroatoms. The van der Waals surface area contributed by atoms with Crippen molar-refractivity contribution in [3.8, 4) is 0 Å². The number of amides is 1. The summed E-state index contributed by atoms with van der Waals surface area (Å²) in [5, 5.41) is 0.279. The second-order valence-electron chi connectivity index (χ2n) is 5.91. The highest BCUT2D eigenvalue weighted by molar-refractivity contribution is 6.06. The second kappa shape index (κ2) is 6.40. The van der Waals surface area contributed by atoms with Crippen molar-refractivity contribution >= 4 is 17.0 Å². The third kappa shape index (κ3) is 2.81. The Morgan fingerprint density at radius 2 is 2.04 bits per heavy atom.